The second kappa shape index (κ2) is 7.96. The molecule has 5 rings (SSSR count). The van der Waals surface area contributed by atoms with E-state index in [1.54, 1.807) is 18.4 Å². The van der Waals surface area contributed by atoms with Crippen LogP contribution in [-0.2, 0) is 5.75 Å². The maximum absolute atomic E-state index is 5.72. The van der Waals surface area contributed by atoms with Gasteiger partial charge in [-0.25, -0.2) is 0 Å². The third-order valence-corrected chi connectivity index (χ3v) is 5.66. The van der Waals surface area contributed by atoms with Gasteiger partial charge in [0.2, 0.25) is 5.89 Å². The predicted octanol–water partition coefficient (Wildman–Crippen LogP) is 5.53. The van der Waals surface area contributed by atoms with Crippen LogP contribution in [0.15, 0.2) is 77.9 Å². The Morgan fingerprint density at radius 1 is 0.967 bits per heavy atom. The summed E-state index contributed by atoms with van der Waals surface area (Å²) < 4.78 is 19.2. The van der Waals surface area contributed by atoms with Gasteiger partial charge in [-0.05, 0) is 53.2 Å². The highest BCUT2D eigenvalue weighted by molar-refractivity contribution is 9.10. The first-order valence-corrected chi connectivity index (χ1v) is 10.7. The summed E-state index contributed by atoms with van der Waals surface area (Å²) in [6.45, 7) is 1.90. The number of para-hydroxylation sites is 1. The van der Waals surface area contributed by atoms with Crippen LogP contribution in [0.2, 0.25) is 0 Å². The molecular weight excluding hydrogens is 470 g/mol. The van der Waals surface area contributed by atoms with Crippen molar-refractivity contribution < 1.29 is 13.3 Å². The molecule has 8 nitrogen and oxygen atoms in total. The molecule has 30 heavy (non-hydrogen) atoms. The highest BCUT2D eigenvalue weighted by atomic mass is 79.9. The Balaban J connectivity index is 1.44. The van der Waals surface area contributed by atoms with E-state index in [-0.39, 0.29) is 0 Å². The summed E-state index contributed by atoms with van der Waals surface area (Å²) in [6.07, 6.45) is 1.65. The minimum absolute atomic E-state index is 0.329. The van der Waals surface area contributed by atoms with E-state index in [4.69, 9.17) is 13.3 Å². The summed E-state index contributed by atoms with van der Waals surface area (Å²) >= 11 is 4.72. The zero-order valence-corrected chi connectivity index (χ0v) is 18.1. The summed E-state index contributed by atoms with van der Waals surface area (Å²) in [5.41, 5.74) is 1.84. The molecule has 0 radical (unpaired) electrons. The monoisotopic (exact) mass is 483 g/mol. The van der Waals surface area contributed by atoms with Crippen molar-refractivity contribution in [2.75, 3.05) is 0 Å². The Kier molecular flexibility index (Phi) is 5.01. The molecule has 0 saturated carbocycles. The van der Waals surface area contributed by atoms with Crippen molar-refractivity contribution >= 4 is 27.7 Å². The second-order valence-electron chi connectivity index (χ2n) is 6.26. The third-order valence-electron chi connectivity index (χ3n) is 4.32. The Morgan fingerprint density at radius 3 is 2.57 bits per heavy atom. The summed E-state index contributed by atoms with van der Waals surface area (Å²) in [7, 11) is 0. The van der Waals surface area contributed by atoms with Gasteiger partial charge in [0.25, 0.3) is 5.89 Å². The Bertz CT molecular complexity index is 1290. The number of thioether (sulfide) groups is 1. The van der Waals surface area contributed by atoms with E-state index in [1.807, 2.05) is 47.9 Å². The SMILES string of the molecule is Cc1occc1-c1nnc(SCc2nnc(-c3ccc(Br)o3)o2)n1-c1ccccc1. The van der Waals surface area contributed by atoms with Gasteiger partial charge in [0.1, 0.15) is 5.76 Å². The van der Waals surface area contributed by atoms with E-state index in [0.717, 1.165) is 17.0 Å². The van der Waals surface area contributed by atoms with Gasteiger partial charge < -0.3 is 13.3 Å². The first kappa shape index (κ1) is 18.9. The molecule has 4 heterocycles. The van der Waals surface area contributed by atoms with Crippen molar-refractivity contribution in [1.29, 1.82) is 0 Å². The average Bonchev–Trinajstić information content (AvgIpc) is 3.54. The van der Waals surface area contributed by atoms with E-state index in [9.17, 15) is 0 Å². The fraction of sp³-hybridized carbons (Fsp3) is 0.100. The normalized spacial score (nSPS) is 11.3. The number of aromatic nitrogens is 5. The molecule has 0 saturated heterocycles. The highest BCUT2D eigenvalue weighted by Gasteiger charge is 2.20. The van der Waals surface area contributed by atoms with Crippen LogP contribution in [-0.4, -0.2) is 25.0 Å². The molecule has 5 aromatic rings. The topological polar surface area (TPSA) is 95.9 Å². The minimum Gasteiger partial charge on any atom is -0.469 e. The number of benzene rings is 1. The molecule has 0 fully saturated rings. The van der Waals surface area contributed by atoms with Gasteiger partial charge in [0.05, 0.1) is 17.6 Å². The third kappa shape index (κ3) is 3.59. The molecule has 0 aliphatic heterocycles. The van der Waals surface area contributed by atoms with E-state index in [0.29, 0.717) is 38.9 Å². The standard InChI is InChI=1S/C20H14BrN5O3S/c1-12-14(9-10-27-12)18-23-25-20(26(18)13-5-3-2-4-6-13)30-11-17-22-24-19(29-17)15-7-8-16(21)28-15/h2-10H,11H2,1H3. The van der Waals surface area contributed by atoms with Crippen LogP contribution in [0.5, 0.6) is 0 Å². The van der Waals surface area contributed by atoms with Crippen LogP contribution in [0.4, 0.5) is 0 Å². The molecule has 0 bridgehead atoms. The van der Waals surface area contributed by atoms with Gasteiger partial charge in [-0.1, -0.05) is 30.0 Å². The van der Waals surface area contributed by atoms with Crippen LogP contribution in [0.25, 0.3) is 28.7 Å². The van der Waals surface area contributed by atoms with Crippen LogP contribution >= 0.6 is 27.7 Å². The van der Waals surface area contributed by atoms with Crippen LogP contribution in [0, 0.1) is 6.92 Å². The zero-order valence-electron chi connectivity index (χ0n) is 15.7. The van der Waals surface area contributed by atoms with Gasteiger partial charge in [-0.3, -0.25) is 4.57 Å². The van der Waals surface area contributed by atoms with Crippen molar-refractivity contribution in [2.24, 2.45) is 0 Å². The quantitative estimate of drug-likeness (QED) is 0.290. The largest absolute Gasteiger partial charge is 0.469 e. The number of aryl methyl sites for hydroxylation is 1. The first-order valence-electron chi connectivity index (χ1n) is 8.95. The molecule has 10 heteroatoms. The number of halogens is 1. The van der Waals surface area contributed by atoms with Crippen LogP contribution in [0.1, 0.15) is 11.7 Å². The maximum atomic E-state index is 5.72. The Hall–Kier alpha value is -3.11. The van der Waals surface area contributed by atoms with Gasteiger partial charge in [0, 0.05) is 5.69 Å². The van der Waals surface area contributed by atoms with E-state index < -0.39 is 0 Å². The minimum atomic E-state index is 0.329. The predicted molar refractivity (Wildman–Crippen MR) is 113 cm³/mol. The second-order valence-corrected chi connectivity index (χ2v) is 7.99. The fourth-order valence-electron chi connectivity index (χ4n) is 2.93. The molecule has 1 aromatic carbocycles. The van der Waals surface area contributed by atoms with Crippen LogP contribution < -0.4 is 0 Å². The highest BCUT2D eigenvalue weighted by Crippen LogP contribution is 2.32. The molecule has 0 unspecified atom stereocenters. The number of nitrogens with zero attached hydrogens (tertiary/aromatic N) is 5. The summed E-state index contributed by atoms with van der Waals surface area (Å²) in [4.78, 5) is 0. The lowest BCUT2D eigenvalue weighted by atomic mass is 10.2. The Labute approximate surface area is 183 Å². The van der Waals surface area contributed by atoms with Crippen molar-refractivity contribution in [3.8, 4) is 28.7 Å². The summed E-state index contributed by atoms with van der Waals surface area (Å²) in [6, 6.07) is 15.4. The van der Waals surface area contributed by atoms with Crippen LogP contribution in [0.3, 0.4) is 0 Å². The maximum Gasteiger partial charge on any atom is 0.283 e. The number of hydrogen-bond donors (Lipinski definition) is 0. The summed E-state index contributed by atoms with van der Waals surface area (Å²) in [5.74, 6) is 3.23. The molecule has 0 amide bonds. The first-order chi connectivity index (χ1) is 14.7. The lowest BCUT2D eigenvalue weighted by Gasteiger charge is -2.09. The Morgan fingerprint density at radius 2 is 1.83 bits per heavy atom. The molecule has 0 spiro atoms. The van der Waals surface area contributed by atoms with Gasteiger partial charge >= 0.3 is 0 Å². The van der Waals surface area contributed by atoms with E-state index in [1.165, 1.54) is 11.8 Å². The van der Waals surface area contributed by atoms with E-state index in [2.05, 4.69) is 36.3 Å². The smallest absolute Gasteiger partial charge is 0.283 e. The molecule has 4 aromatic heterocycles. The van der Waals surface area contributed by atoms with Gasteiger partial charge in [-0.15, -0.1) is 20.4 Å². The lowest BCUT2D eigenvalue weighted by Crippen LogP contribution is -1.99. The molecule has 0 N–H and O–H groups in total. The van der Waals surface area contributed by atoms with Crippen molar-refractivity contribution in [2.45, 2.75) is 17.8 Å². The van der Waals surface area contributed by atoms with Crippen molar-refractivity contribution in [3.63, 3.8) is 0 Å². The molecule has 0 aliphatic carbocycles. The fourth-order valence-corrected chi connectivity index (χ4v) is 4.03. The molecular formula is C20H14BrN5O3S. The summed E-state index contributed by atoms with van der Waals surface area (Å²) in [5, 5.41) is 17.7. The van der Waals surface area contributed by atoms with E-state index >= 15 is 0 Å². The lowest BCUT2D eigenvalue weighted by molar-refractivity contribution is 0.486. The van der Waals surface area contributed by atoms with Gasteiger partial charge in [0.15, 0.2) is 21.4 Å². The van der Waals surface area contributed by atoms with Crippen molar-refractivity contribution in [3.05, 3.63) is 71.1 Å². The average molecular weight is 484 g/mol. The molecule has 0 atom stereocenters. The molecule has 0 aliphatic rings. The van der Waals surface area contributed by atoms with Gasteiger partial charge in [-0.2, -0.15) is 0 Å². The number of furan rings is 2. The van der Waals surface area contributed by atoms with Crippen molar-refractivity contribution in [1.82, 2.24) is 25.0 Å². The number of rotatable bonds is 6. The number of hydrogen-bond acceptors (Lipinski definition) is 8. The zero-order chi connectivity index (χ0) is 20.5. The molecule has 150 valence electrons.